The van der Waals surface area contributed by atoms with Crippen LogP contribution in [-0.2, 0) is 27.5 Å². The van der Waals surface area contributed by atoms with Crippen molar-refractivity contribution in [2.75, 3.05) is 12.4 Å². The van der Waals surface area contributed by atoms with E-state index in [4.69, 9.17) is 25.8 Å². The van der Waals surface area contributed by atoms with Crippen molar-refractivity contribution in [3.05, 3.63) is 82.1 Å². The molecular formula is C28H23ClFN3O7. The molecule has 0 aliphatic carbocycles. The molecule has 3 aromatic carbocycles. The lowest BCUT2D eigenvalue weighted by molar-refractivity contribution is -0.136. The number of anilines is 1. The maximum atomic E-state index is 13.5. The van der Waals surface area contributed by atoms with Gasteiger partial charge in [-0.25, -0.2) is 9.18 Å². The van der Waals surface area contributed by atoms with E-state index in [1.165, 1.54) is 30.2 Å². The third-order valence-electron chi connectivity index (χ3n) is 6.51. The van der Waals surface area contributed by atoms with Crippen LogP contribution in [0.1, 0.15) is 34.3 Å². The average molecular weight is 568 g/mol. The first-order chi connectivity index (χ1) is 19.2. The third kappa shape index (κ3) is 5.55. The molecule has 0 radical (unpaired) electrons. The van der Waals surface area contributed by atoms with Crippen molar-refractivity contribution in [2.45, 2.75) is 32.0 Å². The van der Waals surface area contributed by atoms with E-state index >= 15 is 0 Å². The Kier molecular flexibility index (Phi) is 7.56. The molecule has 1 unspecified atom stereocenters. The number of nitrogens with zero attached hydrogens (tertiary/aromatic N) is 1. The molecule has 0 bridgehead atoms. The highest BCUT2D eigenvalue weighted by Crippen LogP contribution is 2.36. The summed E-state index contributed by atoms with van der Waals surface area (Å²) in [5.41, 5.74) is 1.84. The van der Waals surface area contributed by atoms with Crippen LogP contribution in [0.4, 0.5) is 14.9 Å². The smallest absolute Gasteiger partial charge is 0.411 e. The molecule has 10 nitrogen and oxygen atoms in total. The van der Waals surface area contributed by atoms with Gasteiger partial charge in [-0.15, -0.1) is 0 Å². The summed E-state index contributed by atoms with van der Waals surface area (Å²) in [5.74, 6) is -0.963. The number of imide groups is 1. The van der Waals surface area contributed by atoms with E-state index in [-0.39, 0.29) is 48.4 Å². The molecule has 1 fully saturated rings. The summed E-state index contributed by atoms with van der Waals surface area (Å²) < 4.78 is 29.9. The standard InChI is InChI=1S/C28H23ClFN3O7/c1-38-25-16(3-2-15-13-33(27(36)24(15)25)21-10-11-23(34)32-26(21)35)14-39-28(37)31-18-5-7-19(8-6-18)40-22-12-17(30)4-9-20(22)29/h2-9,12,21H,10-11,13-14H2,1H3,(H,31,37)(H,32,34,35). The van der Waals surface area contributed by atoms with Gasteiger partial charge in [-0.3, -0.25) is 25.0 Å². The number of ether oxygens (including phenoxy) is 3. The second-order valence-corrected chi connectivity index (χ2v) is 9.50. The zero-order valence-corrected chi connectivity index (χ0v) is 21.9. The number of amides is 4. The molecule has 0 spiro atoms. The second kappa shape index (κ2) is 11.2. The Balaban J connectivity index is 1.21. The van der Waals surface area contributed by atoms with Crippen LogP contribution in [-0.4, -0.2) is 41.9 Å². The lowest BCUT2D eigenvalue weighted by Crippen LogP contribution is -2.52. The van der Waals surface area contributed by atoms with Crippen LogP contribution in [0.5, 0.6) is 17.2 Å². The van der Waals surface area contributed by atoms with Crippen LogP contribution in [0.15, 0.2) is 54.6 Å². The van der Waals surface area contributed by atoms with Gasteiger partial charge in [-0.2, -0.15) is 0 Å². The Morgan fingerprint density at radius 2 is 1.90 bits per heavy atom. The molecular weight excluding hydrogens is 545 g/mol. The van der Waals surface area contributed by atoms with E-state index in [2.05, 4.69) is 10.6 Å². The molecule has 206 valence electrons. The molecule has 12 heteroatoms. The van der Waals surface area contributed by atoms with E-state index in [1.807, 2.05) is 0 Å². The maximum Gasteiger partial charge on any atom is 0.411 e. The number of methoxy groups -OCH3 is 1. The van der Waals surface area contributed by atoms with Crippen LogP contribution < -0.4 is 20.1 Å². The van der Waals surface area contributed by atoms with Crippen LogP contribution in [0.3, 0.4) is 0 Å². The first-order valence-electron chi connectivity index (χ1n) is 12.2. The minimum Gasteiger partial charge on any atom is -0.495 e. The number of hydrogen-bond donors (Lipinski definition) is 2. The van der Waals surface area contributed by atoms with Crippen molar-refractivity contribution in [3.8, 4) is 17.2 Å². The molecule has 1 atom stereocenters. The Morgan fingerprint density at radius 3 is 2.62 bits per heavy atom. The quantitative estimate of drug-likeness (QED) is 0.393. The number of rotatable bonds is 7. The van der Waals surface area contributed by atoms with Crippen LogP contribution in [0, 0.1) is 5.82 Å². The van der Waals surface area contributed by atoms with Crippen LogP contribution >= 0.6 is 11.6 Å². The monoisotopic (exact) mass is 567 g/mol. The van der Waals surface area contributed by atoms with E-state index in [0.717, 1.165) is 0 Å². The fourth-order valence-electron chi connectivity index (χ4n) is 4.60. The molecule has 4 amide bonds. The summed E-state index contributed by atoms with van der Waals surface area (Å²) in [6.45, 7) is 0.0107. The Labute approximate surface area is 232 Å². The first-order valence-corrected chi connectivity index (χ1v) is 12.6. The Hall–Kier alpha value is -4.64. The lowest BCUT2D eigenvalue weighted by Gasteiger charge is -2.29. The number of nitrogens with one attached hydrogen (secondary N) is 2. The van der Waals surface area contributed by atoms with E-state index in [9.17, 15) is 23.6 Å². The summed E-state index contributed by atoms with van der Waals surface area (Å²) >= 11 is 6.02. The molecule has 0 saturated carbocycles. The average Bonchev–Trinajstić information content (AvgIpc) is 3.26. The number of piperidine rings is 1. The molecule has 2 heterocycles. The number of halogens is 2. The molecule has 40 heavy (non-hydrogen) atoms. The van der Waals surface area contributed by atoms with E-state index in [0.29, 0.717) is 28.1 Å². The third-order valence-corrected chi connectivity index (χ3v) is 6.82. The van der Waals surface area contributed by atoms with Gasteiger partial charge in [0.05, 0.1) is 17.7 Å². The van der Waals surface area contributed by atoms with Crippen molar-refractivity contribution >= 4 is 41.1 Å². The normalized spacial score (nSPS) is 16.3. The largest absolute Gasteiger partial charge is 0.495 e. The van der Waals surface area contributed by atoms with Crippen molar-refractivity contribution in [2.24, 2.45) is 0 Å². The van der Waals surface area contributed by atoms with Gasteiger partial charge in [0.2, 0.25) is 11.8 Å². The Morgan fingerprint density at radius 1 is 1.12 bits per heavy atom. The molecule has 3 aromatic rings. The summed E-state index contributed by atoms with van der Waals surface area (Å²) in [6, 6.07) is 12.7. The fraction of sp³-hybridized carbons (Fsp3) is 0.214. The van der Waals surface area contributed by atoms with Crippen LogP contribution in [0.2, 0.25) is 5.02 Å². The molecule has 2 aliphatic heterocycles. The topological polar surface area (TPSA) is 123 Å². The summed E-state index contributed by atoms with van der Waals surface area (Å²) in [7, 11) is 1.40. The van der Waals surface area contributed by atoms with Gasteiger partial charge < -0.3 is 19.1 Å². The van der Waals surface area contributed by atoms with E-state index in [1.54, 1.807) is 36.4 Å². The van der Waals surface area contributed by atoms with Gasteiger partial charge in [-0.1, -0.05) is 23.7 Å². The van der Waals surface area contributed by atoms with Crippen molar-refractivity contribution in [1.82, 2.24) is 10.2 Å². The van der Waals surface area contributed by atoms with Gasteiger partial charge in [0.25, 0.3) is 5.91 Å². The van der Waals surface area contributed by atoms with Crippen molar-refractivity contribution < 1.29 is 37.8 Å². The van der Waals surface area contributed by atoms with Crippen molar-refractivity contribution in [1.29, 1.82) is 0 Å². The molecule has 1 saturated heterocycles. The minimum atomic E-state index is -0.754. The molecule has 0 aromatic heterocycles. The number of benzene rings is 3. The van der Waals surface area contributed by atoms with Gasteiger partial charge in [0, 0.05) is 30.3 Å². The van der Waals surface area contributed by atoms with Crippen LogP contribution in [0.25, 0.3) is 0 Å². The lowest BCUT2D eigenvalue weighted by atomic mass is 10.0. The summed E-state index contributed by atoms with van der Waals surface area (Å²) in [5, 5.41) is 5.11. The summed E-state index contributed by atoms with van der Waals surface area (Å²) in [4.78, 5) is 50.9. The first kappa shape index (κ1) is 26.9. The van der Waals surface area contributed by atoms with Gasteiger partial charge in [0.15, 0.2) is 0 Å². The van der Waals surface area contributed by atoms with Gasteiger partial charge >= 0.3 is 6.09 Å². The maximum absolute atomic E-state index is 13.5. The van der Waals surface area contributed by atoms with E-state index < -0.39 is 29.8 Å². The SMILES string of the molecule is COc1c(COC(=O)Nc2ccc(Oc3cc(F)ccc3Cl)cc2)ccc2c1C(=O)N(C1CCC(=O)NC1=O)C2. The van der Waals surface area contributed by atoms with Crippen molar-refractivity contribution in [3.63, 3.8) is 0 Å². The number of hydrogen-bond acceptors (Lipinski definition) is 7. The number of fused-ring (bicyclic) bond motifs is 1. The fourth-order valence-corrected chi connectivity index (χ4v) is 4.75. The zero-order valence-electron chi connectivity index (χ0n) is 21.2. The van der Waals surface area contributed by atoms with Gasteiger partial charge in [-0.05, 0) is 48.4 Å². The molecule has 2 aliphatic rings. The predicted molar refractivity (Wildman–Crippen MR) is 141 cm³/mol. The second-order valence-electron chi connectivity index (χ2n) is 9.09. The molecule has 2 N–H and O–H groups in total. The highest BCUT2D eigenvalue weighted by molar-refractivity contribution is 6.32. The number of carbonyl (C=O) groups is 4. The zero-order chi connectivity index (χ0) is 28.4. The highest BCUT2D eigenvalue weighted by atomic mass is 35.5. The predicted octanol–water partition coefficient (Wildman–Crippen LogP) is 4.79. The molecule has 5 rings (SSSR count). The Bertz CT molecular complexity index is 1510. The van der Waals surface area contributed by atoms with Gasteiger partial charge in [0.1, 0.15) is 35.7 Å². The highest BCUT2D eigenvalue weighted by Gasteiger charge is 2.41. The minimum absolute atomic E-state index is 0.152. The summed E-state index contributed by atoms with van der Waals surface area (Å²) in [6.07, 6.45) is -0.353. The number of carbonyl (C=O) groups excluding carboxylic acids is 4.